The van der Waals surface area contributed by atoms with Crippen molar-refractivity contribution in [3.05, 3.63) is 66.4 Å². The number of hydrogen-bond acceptors (Lipinski definition) is 5. The highest BCUT2D eigenvalue weighted by Crippen LogP contribution is 2.28. The zero-order valence-electron chi connectivity index (χ0n) is 17.0. The Labute approximate surface area is 185 Å². The van der Waals surface area contributed by atoms with Gasteiger partial charge in [-0.15, -0.1) is 18.3 Å². The first-order chi connectivity index (χ1) is 15.7. The summed E-state index contributed by atoms with van der Waals surface area (Å²) in [5.74, 6) is -0.378. The van der Waals surface area contributed by atoms with Crippen LogP contribution in [0.5, 0.6) is 5.75 Å². The maximum Gasteiger partial charge on any atom is 0.573 e. The standard InChI is InChI=1S/C21H18F3N5O4/c22-21(23,24)33-16-8-6-14(7-9-16)17-12-25-29(26-17)19(30)28-11-10-27(20(31)32)13-18(28)15-4-2-1-3-5-15/h1-9,12,18H,10-11,13H2,(H,31,32). The van der Waals surface area contributed by atoms with E-state index in [9.17, 15) is 27.9 Å². The molecule has 2 heterocycles. The van der Waals surface area contributed by atoms with Crippen LogP contribution >= 0.6 is 0 Å². The van der Waals surface area contributed by atoms with Crippen LogP contribution in [0.1, 0.15) is 11.6 Å². The molecule has 1 atom stereocenters. The van der Waals surface area contributed by atoms with Crippen molar-refractivity contribution in [2.24, 2.45) is 0 Å². The van der Waals surface area contributed by atoms with Crippen molar-refractivity contribution < 1.29 is 32.6 Å². The molecule has 2 aromatic carbocycles. The lowest BCUT2D eigenvalue weighted by atomic mass is 10.0. The molecule has 4 rings (SSSR count). The molecule has 0 bridgehead atoms. The summed E-state index contributed by atoms with van der Waals surface area (Å²) >= 11 is 0. The summed E-state index contributed by atoms with van der Waals surface area (Å²) in [5, 5.41) is 17.5. The minimum atomic E-state index is -4.79. The topological polar surface area (TPSA) is 101 Å². The summed E-state index contributed by atoms with van der Waals surface area (Å²) in [6.45, 7) is 0.379. The van der Waals surface area contributed by atoms with Gasteiger partial charge in [0.1, 0.15) is 11.4 Å². The van der Waals surface area contributed by atoms with Gasteiger partial charge in [0.25, 0.3) is 0 Å². The number of alkyl halides is 3. The van der Waals surface area contributed by atoms with Gasteiger partial charge in [0.05, 0.1) is 12.2 Å². The van der Waals surface area contributed by atoms with E-state index in [0.717, 1.165) is 22.5 Å². The molecule has 3 aromatic rings. The number of carbonyl (C=O) groups is 2. The highest BCUT2D eigenvalue weighted by molar-refractivity contribution is 5.77. The monoisotopic (exact) mass is 461 g/mol. The van der Waals surface area contributed by atoms with Gasteiger partial charge in [-0.3, -0.25) is 0 Å². The van der Waals surface area contributed by atoms with Gasteiger partial charge in [-0.2, -0.15) is 5.10 Å². The molecule has 0 aliphatic carbocycles. The summed E-state index contributed by atoms with van der Waals surface area (Å²) in [5.41, 5.74) is 1.49. The Balaban J connectivity index is 1.55. The van der Waals surface area contributed by atoms with Crippen molar-refractivity contribution in [2.75, 3.05) is 19.6 Å². The van der Waals surface area contributed by atoms with E-state index in [1.807, 2.05) is 18.2 Å². The lowest BCUT2D eigenvalue weighted by molar-refractivity contribution is -0.274. The molecule has 172 valence electrons. The highest BCUT2D eigenvalue weighted by atomic mass is 19.4. The molecule has 1 N–H and O–H groups in total. The quantitative estimate of drug-likeness (QED) is 0.636. The van der Waals surface area contributed by atoms with Crippen LogP contribution in [0.3, 0.4) is 0 Å². The number of carbonyl (C=O) groups excluding carboxylic acids is 1. The predicted octanol–water partition coefficient (Wildman–Crippen LogP) is 3.85. The molecule has 0 spiro atoms. The van der Waals surface area contributed by atoms with E-state index < -0.39 is 24.5 Å². The Hall–Kier alpha value is -4.09. The number of amides is 2. The second-order valence-electron chi connectivity index (χ2n) is 7.22. The van der Waals surface area contributed by atoms with Gasteiger partial charge in [-0.1, -0.05) is 35.1 Å². The van der Waals surface area contributed by atoms with Crippen LogP contribution in [-0.4, -0.2) is 68.0 Å². The number of hydrogen-bond donors (Lipinski definition) is 1. The maximum atomic E-state index is 13.2. The third-order valence-electron chi connectivity index (χ3n) is 5.13. The number of nitrogens with zero attached hydrogens (tertiary/aromatic N) is 5. The summed E-state index contributed by atoms with van der Waals surface area (Å²) in [7, 11) is 0. The molecule has 33 heavy (non-hydrogen) atoms. The largest absolute Gasteiger partial charge is 0.573 e. The minimum Gasteiger partial charge on any atom is -0.465 e. The van der Waals surface area contributed by atoms with E-state index in [1.165, 1.54) is 28.1 Å². The van der Waals surface area contributed by atoms with Crippen LogP contribution in [0.25, 0.3) is 11.3 Å². The van der Waals surface area contributed by atoms with Crippen LogP contribution < -0.4 is 4.74 Å². The number of aromatic nitrogens is 3. The Morgan fingerprint density at radius 1 is 1.03 bits per heavy atom. The number of halogens is 3. The van der Waals surface area contributed by atoms with Crippen LogP contribution in [-0.2, 0) is 0 Å². The van der Waals surface area contributed by atoms with Crippen LogP contribution in [0.2, 0.25) is 0 Å². The molecule has 1 aliphatic heterocycles. The SMILES string of the molecule is O=C(O)N1CCN(C(=O)n2ncc(-c3ccc(OC(F)(F)F)cc3)n2)C(c2ccccc2)C1. The Bertz CT molecular complexity index is 1130. The molecule has 1 aliphatic rings. The molecule has 1 unspecified atom stereocenters. The van der Waals surface area contributed by atoms with Gasteiger partial charge in [-0.05, 0) is 29.8 Å². The highest BCUT2D eigenvalue weighted by Gasteiger charge is 2.35. The summed E-state index contributed by atoms with van der Waals surface area (Å²) < 4.78 is 40.8. The zero-order valence-corrected chi connectivity index (χ0v) is 17.0. The molecular weight excluding hydrogens is 443 g/mol. The molecule has 9 nitrogen and oxygen atoms in total. The number of carboxylic acid groups (broad SMARTS) is 1. The van der Waals surface area contributed by atoms with Gasteiger partial charge in [-0.25, -0.2) is 9.59 Å². The lowest BCUT2D eigenvalue weighted by Crippen LogP contribution is -2.53. The number of ether oxygens (including phenoxy) is 1. The van der Waals surface area contributed by atoms with Crippen molar-refractivity contribution in [3.63, 3.8) is 0 Å². The van der Waals surface area contributed by atoms with Crippen molar-refractivity contribution in [1.29, 1.82) is 0 Å². The Morgan fingerprint density at radius 2 is 1.73 bits per heavy atom. The fraction of sp³-hybridized carbons (Fsp3) is 0.238. The summed E-state index contributed by atoms with van der Waals surface area (Å²) in [4.78, 5) is 28.3. The van der Waals surface area contributed by atoms with E-state index in [2.05, 4.69) is 14.9 Å². The van der Waals surface area contributed by atoms with Gasteiger partial charge < -0.3 is 19.6 Å². The van der Waals surface area contributed by atoms with Crippen LogP contribution in [0.4, 0.5) is 22.8 Å². The maximum absolute atomic E-state index is 13.2. The fourth-order valence-electron chi connectivity index (χ4n) is 3.58. The molecule has 12 heteroatoms. The zero-order chi connectivity index (χ0) is 23.6. The molecule has 1 aromatic heterocycles. The van der Waals surface area contributed by atoms with Crippen LogP contribution in [0.15, 0.2) is 60.8 Å². The van der Waals surface area contributed by atoms with Crippen molar-refractivity contribution in [2.45, 2.75) is 12.4 Å². The van der Waals surface area contributed by atoms with Gasteiger partial charge >= 0.3 is 18.5 Å². The third kappa shape index (κ3) is 5.05. The third-order valence-corrected chi connectivity index (χ3v) is 5.13. The minimum absolute atomic E-state index is 0.0971. The lowest BCUT2D eigenvalue weighted by Gasteiger charge is -2.39. The summed E-state index contributed by atoms with van der Waals surface area (Å²) in [6, 6.07) is 13.0. The van der Waals surface area contributed by atoms with E-state index in [-0.39, 0.29) is 31.1 Å². The second-order valence-corrected chi connectivity index (χ2v) is 7.22. The number of piperazine rings is 1. The van der Waals surface area contributed by atoms with Gasteiger partial charge in [0.15, 0.2) is 0 Å². The molecular formula is C21H18F3N5O4. The molecule has 0 saturated carbocycles. The first-order valence-corrected chi connectivity index (χ1v) is 9.83. The molecule has 2 amide bonds. The van der Waals surface area contributed by atoms with E-state index >= 15 is 0 Å². The Morgan fingerprint density at radius 3 is 2.36 bits per heavy atom. The van der Waals surface area contributed by atoms with E-state index in [0.29, 0.717) is 5.56 Å². The predicted molar refractivity (Wildman–Crippen MR) is 108 cm³/mol. The molecule has 1 fully saturated rings. The number of rotatable bonds is 3. The second kappa shape index (κ2) is 8.81. The van der Waals surface area contributed by atoms with E-state index in [1.54, 1.807) is 12.1 Å². The van der Waals surface area contributed by atoms with Crippen molar-refractivity contribution in [3.8, 4) is 17.0 Å². The Kier molecular flexibility index (Phi) is 5.90. The van der Waals surface area contributed by atoms with E-state index in [4.69, 9.17) is 0 Å². The fourth-order valence-corrected chi connectivity index (χ4v) is 3.58. The average molecular weight is 461 g/mol. The smallest absolute Gasteiger partial charge is 0.465 e. The first-order valence-electron chi connectivity index (χ1n) is 9.83. The normalized spacial score (nSPS) is 16.5. The van der Waals surface area contributed by atoms with Crippen molar-refractivity contribution >= 4 is 12.1 Å². The van der Waals surface area contributed by atoms with Crippen LogP contribution in [0, 0.1) is 0 Å². The van der Waals surface area contributed by atoms with Gasteiger partial charge in [0.2, 0.25) is 0 Å². The summed E-state index contributed by atoms with van der Waals surface area (Å²) in [6.07, 6.45) is -4.54. The number of benzene rings is 2. The molecule has 1 saturated heterocycles. The first kappa shape index (κ1) is 22.1. The van der Waals surface area contributed by atoms with Gasteiger partial charge in [0, 0.05) is 25.2 Å². The molecule has 0 radical (unpaired) electrons. The average Bonchev–Trinajstić information content (AvgIpc) is 3.28. The van der Waals surface area contributed by atoms with Crippen molar-refractivity contribution in [1.82, 2.24) is 24.8 Å².